The molecule has 4 nitrogen and oxygen atoms in total. The molecule has 0 spiro atoms. The Morgan fingerprint density at radius 1 is 1.50 bits per heavy atom. The minimum atomic E-state index is -0.185. The van der Waals surface area contributed by atoms with E-state index >= 15 is 0 Å². The Labute approximate surface area is 101 Å². The second-order valence-electron chi connectivity index (χ2n) is 4.47. The van der Waals surface area contributed by atoms with Gasteiger partial charge in [0.2, 0.25) is 0 Å². The molecule has 0 fully saturated rings. The zero-order chi connectivity index (χ0) is 12.0. The summed E-state index contributed by atoms with van der Waals surface area (Å²) in [5.41, 5.74) is -0.185. The molecule has 0 saturated carbocycles. The number of rotatable bonds is 6. The third-order valence-electron chi connectivity index (χ3n) is 2.40. The highest BCUT2D eigenvalue weighted by molar-refractivity contribution is 7.99. The van der Waals surface area contributed by atoms with Gasteiger partial charge in [0.05, 0.1) is 11.5 Å². The number of thioether (sulfide) groups is 1. The highest BCUT2D eigenvalue weighted by Gasteiger charge is 2.15. The van der Waals surface area contributed by atoms with Gasteiger partial charge in [-0.1, -0.05) is 18.2 Å². The number of unbranched alkanes of at least 4 members (excludes halogenated alkanes) is 1. The number of aryl methyl sites for hydroxylation is 1. The lowest BCUT2D eigenvalue weighted by atomic mass is 9.89. The first kappa shape index (κ1) is 13.0. The van der Waals surface area contributed by atoms with Crippen LogP contribution in [0.5, 0.6) is 0 Å². The van der Waals surface area contributed by atoms with Gasteiger partial charge in [0.15, 0.2) is 5.16 Å². The van der Waals surface area contributed by atoms with E-state index in [1.165, 1.54) is 0 Å². The predicted molar refractivity (Wildman–Crippen MR) is 65.0 cm³/mol. The molecule has 1 rings (SSSR count). The molecule has 16 heavy (non-hydrogen) atoms. The van der Waals surface area contributed by atoms with Crippen LogP contribution < -0.4 is 0 Å². The first-order chi connectivity index (χ1) is 7.55. The molecule has 1 aromatic heterocycles. The van der Waals surface area contributed by atoms with E-state index < -0.39 is 0 Å². The summed E-state index contributed by atoms with van der Waals surface area (Å²) < 4.78 is 1.78. The van der Waals surface area contributed by atoms with Gasteiger partial charge in [-0.3, -0.25) is 0 Å². The molecule has 88 valence electrons. The largest absolute Gasteiger partial charge is 0.244 e. The van der Waals surface area contributed by atoms with Crippen molar-refractivity contribution in [3.8, 4) is 6.07 Å². The van der Waals surface area contributed by atoms with Crippen LogP contribution in [0.2, 0.25) is 0 Å². The molecular weight excluding hydrogens is 220 g/mol. The molecule has 0 amide bonds. The Balaban J connectivity index is 2.14. The van der Waals surface area contributed by atoms with E-state index in [1.807, 2.05) is 20.9 Å². The van der Waals surface area contributed by atoms with Crippen molar-refractivity contribution in [2.24, 2.45) is 12.5 Å². The summed E-state index contributed by atoms with van der Waals surface area (Å²) in [6, 6.07) is 2.32. The first-order valence-electron chi connectivity index (χ1n) is 5.43. The third-order valence-corrected chi connectivity index (χ3v) is 3.52. The van der Waals surface area contributed by atoms with Gasteiger partial charge in [-0.05, 0) is 26.7 Å². The van der Waals surface area contributed by atoms with Crippen molar-refractivity contribution in [3.63, 3.8) is 0 Å². The summed E-state index contributed by atoms with van der Waals surface area (Å²) in [7, 11) is 1.90. The van der Waals surface area contributed by atoms with Crippen molar-refractivity contribution >= 4 is 11.8 Å². The van der Waals surface area contributed by atoms with E-state index in [2.05, 4.69) is 16.2 Å². The zero-order valence-electron chi connectivity index (χ0n) is 10.1. The maximum atomic E-state index is 8.86. The van der Waals surface area contributed by atoms with Gasteiger partial charge in [-0.15, -0.1) is 0 Å². The molecule has 0 aliphatic carbocycles. The van der Waals surface area contributed by atoms with Gasteiger partial charge >= 0.3 is 0 Å². The fourth-order valence-electron chi connectivity index (χ4n) is 1.30. The van der Waals surface area contributed by atoms with Crippen LogP contribution in [0.3, 0.4) is 0 Å². The summed E-state index contributed by atoms with van der Waals surface area (Å²) in [5.74, 6) is 1.04. The molecule has 0 unspecified atom stereocenters. The van der Waals surface area contributed by atoms with E-state index in [0.29, 0.717) is 0 Å². The van der Waals surface area contributed by atoms with E-state index in [1.54, 1.807) is 22.8 Å². The summed E-state index contributed by atoms with van der Waals surface area (Å²) in [6.45, 7) is 3.98. The molecule has 1 heterocycles. The topological polar surface area (TPSA) is 54.5 Å². The molecule has 0 atom stereocenters. The molecule has 1 aromatic rings. The monoisotopic (exact) mass is 238 g/mol. The number of hydrogen-bond donors (Lipinski definition) is 0. The zero-order valence-corrected chi connectivity index (χ0v) is 10.9. The molecule has 5 heteroatoms. The van der Waals surface area contributed by atoms with Crippen LogP contribution in [0, 0.1) is 16.7 Å². The van der Waals surface area contributed by atoms with Crippen LogP contribution in [0.25, 0.3) is 0 Å². The average molecular weight is 238 g/mol. The quantitative estimate of drug-likeness (QED) is 0.564. The molecule has 0 aromatic carbocycles. The Hall–Kier alpha value is -1.02. The molecule has 0 saturated heterocycles. The molecule has 0 bridgehead atoms. The van der Waals surface area contributed by atoms with Crippen molar-refractivity contribution in [2.75, 3.05) is 5.75 Å². The number of aromatic nitrogens is 3. The number of nitriles is 1. The van der Waals surface area contributed by atoms with Gasteiger partial charge in [-0.25, -0.2) is 9.67 Å². The maximum absolute atomic E-state index is 8.86. The lowest BCUT2D eigenvalue weighted by Crippen LogP contribution is -2.07. The summed E-state index contributed by atoms with van der Waals surface area (Å²) in [4.78, 5) is 4.14. The Morgan fingerprint density at radius 2 is 2.25 bits per heavy atom. The van der Waals surface area contributed by atoms with Gasteiger partial charge in [0, 0.05) is 12.8 Å². The van der Waals surface area contributed by atoms with Gasteiger partial charge in [0.1, 0.15) is 6.33 Å². The maximum Gasteiger partial charge on any atom is 0.185 e. The standard InChI is InChI=1S/C11H18N4S/c1-11(2,8-12)6-4-5-7-16-10-13-9-14-15(10)3/h9H,4-7H2,1-3H3. The Kier molecular flexibility index (Phi) is 4.81. The molecule has 0 N–H and O–H groups in total. The normalized spacial score (nSPS) is 11.4. The second-order valence-corrected chi connectivity index (χ2v) is 5.53. The fraction of sp³-hybridized carbons (Fsp3) is 0.727. The predicted octanol–water partition coefficient (Wildman–Crippen LogP) is 2.63. The van der Waals surface area contributed by atoms with Crippen molar-refractivity contribution in [2.45, 2.75) is 38.3 Å². The van der Waals surface area contributed by atoms with Crippen molar-refractivity contribution in [1.29, 1.82) is 5.26 Å². The van der Waals surface area contributed by atoms with Gasteiger partial charge in [0.25, 0.3) is 0 Å². The smallest absolute Gasteiger partial charge is 0.185 e. The van der Waals surface area contributed by atoms with Crippen LogP contribution in [0.4, 0.5) is 0 Å². The fourth-order valence-corrected chi connectivity index (χ4v) is 2.19. The van der Waals surface area contributed by atoms with Gasteiger partial charge in [-0.2, -0.15) is 10.4 Å². The van der Waals surface area contributed by atoms with E-state index in [4.69, 9.17) is 5.26 Å². The van der Waals surface area contributed by atoms with Crippen LogP contribution in [0.15, 0.2) is 11.5 Å². The van der Waals surface area contributed by atoms with Gasteiger partial charge < -0.3 is 0 Å². The molecule has 0 aliphatic rings. The van der Waals surface area contributed by atoms with Crippen LogP contribution in [-0.4, -0.2) is 20.5 Å². The Morgan fingerprint density at radius 3 is 2.81 bits per heavy atom. The lowest BCUT2D eigenvalue weighted by molar-refractivity contribution is 0.433. The molecule has 0 radical (unpaired) electrons. The molecule has 0 aliphatic heterocycles. The van der Waals surface area contributed by atoms with E-state index in [0.717, 1.165) is 30.2 Å². The summed E-state index contributed by atoms with van der Waals surface area (Å²) in [5, 5.41) is 13.8. The minimum Gasteiger partial charge on any atom is -0.244 e. The second kappa shape index (κ2) is 5.90. The van der Waals surface area contributed by atoms with E-state index in [9.17, 15) is 0 Å². The van der Waals surface area contributed by atoms with Crippen molar-refractivity contribution < 1.29 is 0 Å². The minimum absolute atomic E-state index is 0.185. The van der Waals surface area contributed by atoms with Crippen molar-refractivity contribution in [1.82, 2.24) is 14.8 Å². The molecular formula is C11H18N4S. The first-order valence-corrected chi connectivity index (χ1v) is 6.42. The lowest BCUT2D eigenvalue weighted by Gasteiger charge is -2.13. The summed E-state index contributed by atoms with van der Waals surface area (Å²) >= 11 is 1.72. The number of hydrogen-bond acceptors (Lipinski definition) is 4. The SMILES string of the molecule is Cn1ncnc1SCCCCC(C)(C)C#N. The van der Waals surface area contributed by atoms with Crippen LogP contribution >= 0.6 is 11.8 Å². The average Bonchev–Trinajstić information content (AvgIpc) is 2.64. The highest BCUT2D eigenvalue weighted by Crippen LogP contribution is 2.23. The third kappa shape index (κ3) is 4.23. The Bertz CT molecular complexity index is 364. The van der Waals surface area contributed by atoms with E-state index in [-0.39, 0.29) is 5.41 Å². The highest BCUT2D eigenvalue weighted by atomic mass is 32.2. The van der Waals surface area contributed by atoms with Crippen LogP contribution in [0.1, 0.15) is 33.1 Å². The summed E-state index contributed by atoms with van der Waals surface area (Å²) in [6.07, 6.45) is 4.73. The number of nitrogens with zero attached hydrogens (tertiary/aromatic N) is 4. The van der Waals surface area contributed by atoms with Crippen molar-refractivity contribution in [3.05, 3.63) is 6.33 Å². The van der Waals surface area contributed by atoms with Crippen LogP contribution in [-0.2, 0) is 7.05 Å².